The molecule has 0 rings (SSSR count). The Balaban J connectivity index is 3.85. The van der Waals surface area contributed by atoms with Gasteiger partial charge in [-0.2, -0.15) is 0 Å². The molecule has 13 heavy (non-hydrogen) atoms. The van der Waals surface area contributed by atoms with Gasteiger partial charge in [0.15, 0.2) is 0 Å². The van der Waals surface area contributed by atoms with Gasteiger partial charge in [0.1, 0.15) is 0 Å². The van der Waals surface area contributed by atoms with E-state index in [0.717, 1.165) is 24.2 Å². The second kappa shape index (κ2) is 7.41. The minimum Gasteiger partial charge on any atom is -0.357 e. The quantitative estimate of drug-likeness (QED) is 0.612. The van der Waals surface area contributed by atoms with Gasteiger partial charge < -0.3 is 5.32 Å². The van der Waals surface area contributed by atoms with E-state index in [1.54, 1.807) is 0 Å². The average Bonchev–Trinajstić information content (AvgIpc) is 2.11. The molecule has 1 heteroatoms. The van der Waals surface area contributed by atoms with Crippen LogP contribution in [0.1, 0.15) is 26.7 Å². The summed E-state index contributed by atoms with van der Waals surface area (Å²) in [6, 6.07) is 0. The van der Waals surface area contributed by atoms with Gasteiger partial charge in [-0.05, 0) is 25.0 Å². The lowest BCUT2D eigenvalue weighted by atomic mass is 10.3. The van der Waals surface area contributed by atoms with Crippen LogP contribution in [0.2, 0.25) is 0 Å². The minimum atomic E-state index is 0.882. The third kappa shape index (κ3) is 7.13. The van der Waals surface area contributed by atoms with Crippen LogP contribution in [0, 0.1) is 0 Å². The van der Waals surface area contributed by atoms with E-state index in [4.69, 9.17) is 0 Å². The predicted octanol–water partition coefficient (Wildman–Crippen LogP) is 3.54. The lowest BCUT2D eigenvalue weighted by molar-refractivity contribution is 1.05. The highest BCUT2D eigenvalue weighted by molar-refractivity contribution is 5.23. The third-order valence-electron chi connectivity index (χ3n) is 1.43. The second-order valence-corrected chi connectivity index (χ2v) is 2.80. The number of nitrogens with one attached hydrogen (secondary N) is 1. The molecular weight excluding hydrogens is 158 g/mol. The number of hydrogen-bond acceptors (Lipinski definition) is 1. The minimum absolute atomic E-state index is 0.882. The molecule has 0 heterocycles. The van der Waals surface area contributed by atoms with E-state index in [9.17, 15) is 0 Å². The van der Waals surface area contributed by atoms with Crippen LogP contribution in [-0.2, 0) is 0 Å². The smallest absolute Gasteiger partial charge is 0.0307 e. The van der Waals surface area contributed by atoms with E-state index in [0.29, 0.717) is 0 Å². The van der Waals surface area contributed by atoms with Crippen LogP contribution < -0.4 is 5.32 Å². The average molecular weight is 177 g/mol. The Bertz CT molecular complexity index is 197. The molecule has 0 aliphatic rings. The summed E-state index contributed by atoms with van der Waals surface area (Å²) in [7, 11) is 0. The van der Waals surface area contributed by atoms with Gasteiger partial charge in [-0.15, -0.1) is 0 Å². The summed E-state index contributed by atoms with van der Waals surface area (Å²) < 4.78 is 0. The van der Waals surface area contributed by atoms with Crippen molar-refractivity contribution in [2.45, 2.75) is 26.7 Å². The van der Waals surface area contributed by atoms with Crippen LogP contribution in [0.5, 0.6) is 0 Å². The first-order valence-corrected chi connectivity index (χ1v) is 4.68. The largest absolute Gasteiger partial charge is 0.357 e. The molecule has 0 amide bonds. The summed E-state index contributed by atoms with van der Waals surface area (Å²) in [6.07, 6.45) is 10.1. The molecule has 1 N–H and O–H groups in total. The molecule has 0 unspecified atom stereocenters. The Kier molecular flexibility index (Phi) is 6.70. The summed E-state index contributed by atoms with van der Waals surface area (Å²) in [5.74, 6) is 0. The van der Waals surface area contributed by atoms with Gasteiger partial charge in [0.2, 0.25) is 0 Å². The van der Waals surface area contributed by atoms with Gasteiger partial charge in [-0.1, -0.05) is 39.2 Å². The number of hydrogen-bond donors (Lipinski definition) is 1. The predicted molar refractivity (Wildman–Crippen MR) is 60.3 cm³/mol. The van der Waals surface area contributed by atoms with Crippen LogP contribution in [-0.4, -0.2) is 0 Å². The summed E-state index contributed by atoms with van der Waals surface area (Å²) in [5, 5.41) is 3.09. The van der Waals surface area contributed by atoms with E-state index < -0.39 is 0 Å². The second-order valence-electron chi connectivity index (χ2n) is 2.80. The fourth-order valence-corrected chi connectivity index (χ4v) is 0.810. The molecule has 0 atom stereocenters. The molecular formula is C12H19N. The lowest BCUT2D eigenvalue weighted by Gasteiger charge is -2.04. The zero-order chi connectivity index (χ0) is 10.1. The lowest BCUT2D eigenvalue weighted by Crippen LogP contribution is -2.06. The van der Waals surface area contributed by atoms with Gasteiger partial charge in [-0.25, -0.2) is 0 Å². The van der Waals surface area contributed by atoms with Gasteiger partial charge in [0, 0.05) is 11.4 Å². The summed E-state index contributed by atoms with van der Waals surface area (Å²) >= 11 is 0. The first-order chi connectivity index (χ1) is 6.20. The molecule has 0 saturated heterocycles. The highest BCUT2D eigenvalue weighted by Crippen LogP contribution is 1.96. The Hall–Kier alpha value is -1.24. The molecule has 0 aliphatic heterocycles. The molecule has 1 nitrogen and oxygen atoms in total. The maximum Gasteiger partial charge on any atom is 0.0307 e. The highest BCUT2D eigenvalue weighted by Gasteiger charge is 1.87. The Labute approximate surface area is 81.5 Å². The molecule has 0 aromatic rings. The van der Waals surface area contributed by atoms with Gasteiger partial charge in [-0.3, -0.25) is 0 Å². The van der Waals surface area contributed by atoms with E-state index in [1.165, 1.54) is 0 Å². The van der Waals surface area contributed by atoms with E-state index >= 15 is 0 Å². The Morgan fingerprint density at radius 1 is 1.00 bits per heavy atom. The van der Waals surface area contributed by atoms with Crippen LogP contribution in [0.15, 0.2) is 48.9 Å². The van der Waals surface area contributed by atoms with Crippen molar-refractivity contribution >= 4 is 0 Å². The molecule has 72 valence electrons. The zero-order valence-corrected chi connectivity index (χ0v) is 8.64. The van der Waals surface area contributed by atoms with Crippen molar-refractivity contribution < 1.29 is 0 Å². The Morgan fingerprint density at radius 2 is 1.38 bits per heavy atom. The van der Waals surface area contributed by atoms with Crippen molar-refractivity contribution in [3.8, 4) is 0 Å². The Morgan fingerprint density at radius 3 is 1.69 bits per heavy atom. The van der Waals surface area contributed by atoms with Crippen molar-refractivity contribution in [1.29, 1.82) is 0 Å². The summed E-state index contributed by atoms with van der Waals surface area (Å²) in [5.41, 5.74) is 1.76. The van der Waals surface area contributed by atoms with Gasteiger partial charge in [0.05, 0.1) is 0 Å². The SMILES string of the molecule is C=C(/C=C\CC)NC(=C)/C=C\CC. The van der Waals surface area contributed by atoms with E-state index in [2.05, 4.69) is 44.5 Å². The topological polar surface area (TPSA) is 12.0 Å². The summed E-state index contributed by atoms with van der Waals surface area (Å²) in [6.45, 7) is 11.9. The standard InChI is InChI=1S/C12H19N/c1-5-7-9-11(3)13-12(4)10-8-6-2/h7-10,13H,3-6H2,1-2H3/b9-7-,10-8-. The van der Waals surface area contributed by atoms with Crippen molar-refractivity contribution in [2.24, 2.45) is 0 Å². The van der Waals surface area contributed by atoms with Crippen LogP contribution in [0.3, 0.4) is 0 Å². The molecule has 0 bridgehead atoms. The van der Waals surface area contributed by atoms with Crippen LogP contribution in [0.25, 0.3) is 0 Å². The van der Waals surface area contributed by atoms with E-state index in [1.807, 2.05) is 12.2 Å². The fourth-order valence-electron chi connectivity index (χ4n) is 0.810. The third-order valence-corrected chi connectivity index (χ3v) is 1.43. The number of rotatable bonds is 6. The zero-order valence-electron chi connectivity index (χ0n) is 8.64. The van der Waals surface area contributed by atoms with Crippen molar-refractivity contribution in [3.05, 3.63) is 48.9 Å². The molecule has 0 fully saturated rings. The fraction of sp³-hybridized carbons (Fsp3) is 0.333. The first kappa shape index (κ1) is 11.8. The molecule has 0 aliphatic carbocycles. The van der Waals surface area contributed by atoms with E-state index in [-0.39, 0.29) is 0 Å². The van der Waals surface area contributed by atoms with Crippen molar-refractivity contribution in [2.75, 3.05) is 0 Å². The van der Waals surface area contributed by atoms with Crippen molar-refractivity contribution in [3.63, 3.8) is 0 Å². The molecule has 0 radical (unpaired) electrons. The van der Waals surface area contributed by atoms with Crippen molar-refractivity contribution in [1.82, 2.24) is 5.32 Å². The van der Waals surface area contributed by atoms with Crippen LogP contribution >= 0.6 is 0 Å². The van der Waals surface area contributed by atoms with Gasteiger partial charge in [0.25, 0.3) is 0 Å². The first-order valence-electron chi connectivity index (χ1n) is 4.68. The van der Waals surface area contributed by atoms with Gasteiger partial charge >= 0.3 is 0 Å². The maximum atomic E-state index is 3.85. The monoisotopic (exact) mass is 177 g/mol. The molecule has 0 spiro atoms. The normalized spacial score (nSPS) is 10.9. The summed E-state index contributed by atoms with van der Waals surface area (Å²) in [4.78, 5) is 0. The highest BCUT2D eigenvalue weighted by atomic mass is 14.9. The molecule has 0 saturated carbocycles. The molecule has 0 aromatic heterocycles. The number of allylic oxidation sites excluding steroid dienone is 4. The maximum absolute atomic E-state index is 3.85. The molecule has 0 aromatic carbocycles. The van der Waals surface area contributed by atoms with Crippen LogP contribution in [0.4, 0.5) is 0 Å².